The van der Waals surface area contributed by atoms with Crippen LogP contribution in [0.2, 0.25) is 0 Å². The molecule has 1 aromatic carbocycles. The predicted octanol–water partition coefficient (Wildman–Crippen LogP) is 0.220. The first-order chi connectivity index (χ1) is 10.6. The fourth-order valence-corrected chi connectivity index (χ4v) is 3.00. The van der Waals surface area contributed by atoms with E-state index < -0.39 is 12.0 Å². The lowest BCUT2D eigenvalue weighted by Crippen LogP contribution is -2.63. The Morgan fingerprint density at radius 3 is 2.55 bits per heavy atom. The zero-order chi connectivity index (χ0) is 16.1. The summed E-state index contributed by atoms with van der Waals surface area (Å²) in [4.78, 5) is 27.8. The second-order valence-corrected chi connectivity index (χ2v) is 5.57. The van der Waals surface area contributed by atoms with Crippen molar-refractivity contribution in [1.29, 1.82) is 0 Å². The molecule has 0 bridgehead atoms. The first-order valence-corrected chi connectivity index (χ1v) is 7.42. The van der Waals surface area contributed by atoms with Crippen molar-refractivity contribution in [3.05, 3.63) is 35.9 Å². The number of rotatable bonds is 4. The highest BCUT2D eigenvalue weighted by Gasteiger charge is 2.39. The number of carbonyl (C=O) groups excluding carboxylic acids is 2. The maximum atomic E-state index is 12.1. The number of carbonyl (C=O) groups is 2. The summed E-state index contributed by atoms with van der Waals surface area (Å²) in [6.07, 6.45) is 0. The van der Waals surface area contributed by atoms with Gasteiger partial charge in [-0.3, -0.25) is 9.69 Å². The summed E-state index contributed by atoms with van der Waals surface area (Å²) in [5.74, 6) is -0.617. The Hall–Kier alpha value is -1.92. The van der Waals surface area contributed by atoms with E-state index in [2.05, 4.69) is 17.0 Å². The summed E-state index contributed by atoms with van der Waals surface area (Å²) < 4.78 is 4.86. The standard InChI is InChI=1S/C16H23N3O3/c1-12-9-18(10-13-6-4-3-5-7-13)11-14(16(21)22-2)19(12)15(20)8-17/h3-7,12,14H,8-11,17H2,1-2H3/t12-,14?/m1/s1. The second-order valence-electron chi connectivity index (χ2n) is 5.57. The maximum Gasteiger partial charge on any atom is 0.329 e. The highest BCUT2D eigenvalue weighted by Crippen LogP contribution is 2.19. The van der Waals surface area contributed by atoms with Crippen LogP contribution in [0.25, 0.3) is 0 Å². The van der Waals surface area contributed by atoms with Gasteiger partial charge in [-0.1, -0.05) is 30.3 Å². The Morgan fingerprint density at radius 1 is 1.27 bits per heavy atom. The van der Waals surface area contributed by atoms with Crippen LogP contribution in [0, 0.1) is 0 Å². The molecule has 0 spiro atoms. The summed E-state index contributed by atoms with van der Waals surface area (Å²) in [7, 11) is 1.34. The molecule has 120 valence electrons. The summed E-state index contributed by atoms with van der Waals surface area (Å²) in [5.41, 5.74) is 6.65. The molecule has 0 saturated carbocycles. The van der Waals surface area contributed by atoms with Gasteiger partial charge in [0.05, 0.1) is 13.7 Å². The molecule has 6 nitrogen and oxygen atoms in total. The van der Waals surface area contributed by atoms with Crippen LogP contribution in [-0.4, -0.2) is 60.5 Å². The van der Waals surface area contributed by atoms with Gasteiger partial charge in [-0.2, -0.15) is 0 Å². The lowest BCUT2D eigenvalue weighted by Gasteiger charge is -2.44. The molecule has 1 fully saturated rings. The summed E-state index contributed by atoms with van der Waals surface area (Å²) >= 11 is 0. The van der Waals surface area contributed by atoms with Crippen LogP contribution >= 0.6 is 0 Å². The van der Waals surface area contributed by atoms with Crippen LogP contribution in [0.3, 0.4) is 0 Å². The lowest BCUT2D eigenvalue weighted by molar-refractivity contribution is -0.158. The Kier molecular flexibility index (Phi) is 5.51. The highest BCUT2D eigenvalue weighted by atomic mass is 16.5. The number of nitrogens with two attached hydrogens (primary N) is 1. The largest absolute Gasteiger partial charge is 0.467 e. The van der Waals surface area contributed by atoms with Gasteiger partial charge in [-0.05, 0) is 12.5 Å². The monoisotopic (exact) mass is 305 g/mol. The van der Waals surface area contributed by atoms with Gasteiger partial charge in [0.2, 0.25) is 5.91 Å². The van der Waals surface area contributed by atoms with Crippen LogP contribution < -0.4 is 5.73 Å². The van der Waals surface area contributed by atoms with E-state index in [1.165, 1.54) is 12.7 Å². The molecule has 1 aliphatic heterocycles. The van der Waals surface area contributed by atoms with E-state index in [0.717, 1.165) is 6.54 Å². The summed E-state index contributed by atoms with van der Waals surface area (Å²) in [5, 5.41) is 0. The molecule has 22 heavy (non-hydrogen) atoms. The van der Waals surface area contributed by atoms with E-state index in [1.54, 1.807) is 4.90 Å². The third-order valence-electron chi connectivity index (χ3n) is 3.95. The van der Waals surface area contributed by atoms with Crippen LogP contribution in [0.4, 0.5) is 0 Å². The van der Waals surface area contributed by atoms with E-state index in [9.17, 15) is 9.59 Å². The Bertz CT molecular complexity index is 521. The topological polar surface area (TPSA) is 75.9 Å². The number of nitrogens with zero attached hydrogens (tertiary/aromatic N) is 2. The van der Waals surface area contributed by atoms with Crippen molar-refractivity contribution < 1.29 is 14.3 Å². The smallest absolute Gasteiger partial charge is 0.329 e. The van der Waals surface area contributed by atoms with Crippen molar-refractivity contribution in [2.75, 3.05) is 26.7 Å². The number of hydrogen-bond donors (Lipinski definition) is 1. The van der Waals surface area contributed by atoms with Gasteiger partial charge in [0.1, 0.15) is 6.04 Å². The molecule has 0 aromatic heterocycles. The molecule has 1 heterocycles. The molecule has 1 amide bonds. The number of hydrogen-bond acceptors (Lipinski definition) is 5. The van der Waals surface area contributed by atoms with Crippen LogP contribution in [0.5, 0.6) is 0 Å². The minimum Gasteiger partial charge on any atom is -0.467 e. The van der Waals surface area contributed by atoms with Gasteiger partial charge in [-0.25, -0.2) is 4.79 Å². The van der Waals surface area contributed by atoms with Gasteiger partial charge in [-0.15, -0.1) is 0 Å². The Labute approximate surface area is 130 Å². The van der Waals surface area contributed by atoms with Crippen LogP contribution in [0.15, 0.2) is 30.3 Å². The molecule has 2 N–H and O–H groups in total. The minimum absolute atomic E-state index is 0.0855. The van der Waals surface area contributed by atoms with E-state index >= 15 is 0 Å². The van der Waals surface area contributed by atoms with Crippen LogP contribution in [0.1, 0.15) is 12.5 Å². The molecule has 1 unspecified atom stereocenters. The van der Waals surface area contributed by atoms with Crippen LogP contribution in [-0.2, 0) is 20.9 Å². The molecule has 0 aliphatic carbocycles. The molecular formula is C16H23N3O3. The van der Waals surface area contributed by atoms with Crippen molar-refractivity contribution in [1.82, 2.24) is 9.80 Å². The molecule has 6 heteroatoms. The Balaban J connectivity index is 2.15. The predicted molar refractivity (Wildman–Crippen MR) is 82.9 cm³/mol. The van der Waals surface area contributed by atoms with Crippen molar-refractivity contribution in [3.8, 4) is 0 Å². The summed E-state index contributed by atoms with van der Waals surface area (Å²) in [6, 6.07) is 9.37. The SMILES string of the molecule is COC(=O)C1CN(Cc2ccccc2)C[C@@H](C)N1C(=O)CN. The first kappa shape index (κ1) is 16.5. The zero-order valence-electron chi connectivity index (χ0n) is 13.1. The number of piperazine rings is 1. The third-order valence-corrected chi connectivity index (χ3v) is 3.95. The van der Waals surface area contributed by atoms with Gasteiger partial charge in [0.15, 0.2) is 0 Å². The molecule has 1 aromatic rings. The average molecular weight is 305 g/mol. The number of ether oxygens (including phenoxy) is 1. The Morgan fingerprint density at radius 2 is 1.95 bits per heavy atom. The molecule has 1 aliphatic rings. The molecule has 2 rings (SSSR count). The zero-order valence-corrected chi connectivity index (χ0v) is 13.1. The maximum absolute atomic E-state index is 12.1. The minimum atomic E-state index is -0.603. The number of methoxy groups -OCH3 is 1. The number of benzene rings is 1. The van der Waals surface area contributed by atoms with E-state index in [-0.39, 0.29) is 18.5 Å². The van der Waals surface area contributed by atoms with E-state index in [0.29, 0.717) is 13.1 Å². The van der Waals surface area contributed by atoms with Gasteiger partial charge in [0.25, 0.3) is 0 Å². The summed E-state index contributed by atoms with van der Waals surface area (Å²) in [6.45, 7) is 3.73. The fraction of sp³-hybridized carbons (Fsp3) is 0.500. The fourth-order valence-electron chi connectivity index (χ4n) is 3.00. The average Bonchev–Trinajstić information content (AvgIpc) is 2.53. The van der Waals surface area contributed by atoms with E-state index in [1.807, 2.05) is 25.1 Å². The number of esters is 1. The van der Waals surface area contributed by atoms with Gasteiger partial charge < -0.3 is 15.4 Å². The van der Waals surface area contributed by atoms with Crippen molar-refractivity contribution in [2.45, 2.75) is 25.6 Å². The molecule has 1 saturated heterocycles. The normalized spacial score (nSPS) is 22.4. The molecule has 2 atom stereocenters. The first-order valence-electron chi connectivity index (χ1n) is 7.42. The molecule has 0 radical (unpaired) electrons. The quantitative estimate of drug-likeness (QED) is 0.805. The van der Waals surface area contributed by atoms with Crippen molar-refractivity contribution in [3.63, 3.8) is 0 Å². The third kappa shape index (κ3) is 3.64. The van der Waals surface area contributed by atoms with E-state index in [4.69, 9.17) is 10.5 Å². The van der Waals surface area contributed by atoms with Crippen molar-refractivity contribution in [2.24, 2.45) is 5.73 Å². The number of amides is 1. The van der Waals surface area contributed by atoms with Gasteiger partial charge >= 0.3 is 5.97 Å². The van der Waals surface area contributed by atoms with Gasteiger partial charge in [0, 0.05) is 25.7 Å². The van der Waals surface area contributed by atoms with Crippen molar-refractivity contribution >= 4 is 11.9 Å². The molecular weight excluding hydrogens is 282 g/mol. The lowest BCUT2D eigenvalue weighted by atomic mass is 10.1. The highest BCUT2D eigenvalue weighted by molar-refractivity contribution is 5.86. The second kappa shape index (κ2) is 7.38.